The Morgan fingerprint density at radius 1 is 0.639 bits per heavy atom. The summed E-state index contributed by atoms with van der Waals surface area (Å²) in [5.74, 6) is 1.99. The normalized spacial score (nSPS) is 12.7. The van der Waals surface area contributed by atoms with Crippen LogP contribution in [0.4, 0.5) is 0 Å². The number of rotatable bonds is 6. The Bertz CT molecular complexity index is 3400. The van der Waals surface area contributed by atoms with Crippen molar-refractivity contribution in [3.8, 4) is 45.4 Å². The van der Waals surface area contributed by atoms with Gasteiger partial charge in [0.25, 0.3) is 0 Å². The molecule has 0 atom stereocenters. The van der Waals surface area contributed by atoms with Gasteiger partial charge in [-0.05, 0) is 24.1 Å². The number of imidazole rings is 1. The summed E-state index contributed by atoms with van der Waals surface area (Å²) in [5.41, 5.74) is 18.6. The van der Waals surface area contributed by atoms with Crippen LogP contribution in [0.15, 0.2) is 146 Å². The third kappa shape index (κ3) is 6.58. The minimum Gasteiger partial charge on any atom is -0.0622 e. The van der Waals surface area contributed by atoms with Gasteiger partial charge in [-0.2, -0.15) is 0 Å². The van der Waals surface area contributed by atoms with E-state index in [1.807, 2.05) is 48.7 Å². The van der Waals surface area contributed by atoms with Crippen LogP contribution in [0.5, 0.6) is 11.5 Å². The summed E-state index contributed by atoms with van der Waals surface area (Å²) in [6, 6.07) is 53.8. The van der Waals surface area contributed by atoms with E-state index >= 15 is 0 Å². The van der Waals surface area contributed by atoms with Gasteiger partial charge in [0.15, 0.2) is 0 Å². The minimum absolute atomic E-state index is 0.584. The van der Waals surface area contributed by atoms with Gasteiger partial charge in [0, 0.05) is 17.3 Å². The van der Waals surface area contributed by atoms with E-state index in [2.05, 4.69) is 163 Å². The van der Waals surface area contributed by atoms with Gasteiger partial charge in [-0.1, -0.05) is 60.7 Å². The van der Waals surface area contributed by atoms with Crippen molar-refractivity contribution in [2.75, 3.05) is 0 Å². The molecule has 4 bridgehead atoms. The van der Waals surface area contributed by atoms with Gasteiger partial charge in [-0.15, -0.1) is 0 Å². The van der Waals surface area contributed by atoms with Crippen LogP contribution in [-0.4, -0.2) is 23.5 Å². The van der Waals surface area contributed by atoms with Crippen LogP contribution in [0.3, 0.4) is 0 Å². The Morgan fingerprint density at radius 3 is 2.11 bits per heavy atom. The number of aryl methyl sites for hydroxylation is 5. The number of ether oxygens (including phenoxy) is 1. The molecule has 0 saturated heterocycles. The summed E-state index contributed by atoms with van der Waals surface area (Å²) < 4.78 is 14.6. The molecule has 61 heavy (non-hydrogen) atoms. The molecule has 5 aromatic heterocycles. The van der Waals surface area contributed by atoms with E-state index in [4.69, 9.17) is 14.7 Å². The topological polar surface area (TPSA) is 49.3 Å². The Hall–Kier alpha value is -6.62. The van der Waals surface area contributed by atoms with E-state index in [1.165, 1.54) is 39.0 Å². The SMILES string of the molecule is Cc1cc(-n2c3[c-]c(Oc4[c-]c(-n5cc6c7ccc(n6[c]5=[Pt])CCc5ccc(c(C)c5C)CC7)ccc4)ccc3c3nc(-c4ccccc4)ccc32)ncc1-c1ccccc1. The van der Waals surface area contributed by atoms with Crippen molar-refractivity contribution in [1.29, 1.82) is 0 Å². The van der Waals surface area contributed by atoms with Crippen LogP contribution < -0.4 is 4.74 Å². The summed E-state index contributed by atoms with van der Waals surface area (Å²) in [7, 11) is 0. The zero-order valence-corrected chi connectivity index (χ0v) is 36.4. The van der Waals surface area contributed by atoms with Crippen LogP contribution in [0.2, 0.25) is 0 Å². The fourth-order valence-electron chi connectivity index (χ4n) is 9.04. The Kier molecular flexibility index (Phi) is 9.27. The average Bonchev–Trinajstić information content (AvgIpc) is 3.81. The van der Waals surface area contributed by atoms with Crippen molar-refractivity contribution in [3.05, 3.63) is 201 Å². The maximum atomic E-state index is 6.65. The second-order valence-corrected chi connectivity index (χ2v) is 17.0. The molecule has 300 valence electrons. The zero-order valence-electron chi connectivity index (χ0n) is 34.1. The van der Waals surface area contributed by atoms with E-state index < -0.39 is 0 Å². The number of benzene rings is 5. The molecular formula is C54H41N5OPt-2. The number of pyridine rings is 3. The Morgan fingerprint density at radius 2 is 1.34 bits per heavy atom. The quantitative estimate of drug-likeness (QED) is 0.156. The number of hydrogen-bond acceptors (Lipinski definition) is 3. The van der Waals surface area contributed by atoms with Gasteiger partial charge in [-0.25, -0.2) is 0 Å². The number of fused-ring (bicyclic) bond motifs is 3. The van der Waals surface area contributed by atoms with Crippen molar-refractivity contribution >= 4 is 27.5 Å². The molecule has 6 nitrogen and oxygen atoms in total. The molecule has 7 heteroatoms. The van der Waals surface area contributed by atoms with Crippen LogP contribution >= 0.6 is 0 Å². The molecule has 4 aliphatic rings. The van der Waals surface area contributed by atoms with Gasteiger partial charge < -0.3 is 0 Å². The van der Waals surface area contributed by atoms with E-state index in [9.17, 15) is 0 Å². The molecule has 10 aromatic rings. The summed E-state index contributed by atoms with van der Waals surface area (Å²) in [6.07, 6.45) is 8.19. The van der Waals surface area contributed by atoms with Crippen LogP contribution in [0.1, 0.15) is 39.1 Å². The molecule has 7 heterocycles. The zero-order chi connectivity index (χ0) is 41.2. The molecular weight excluding hydrogens is 930 g/mol. The first-order valence-electron chi connectivity index (χ1n) is 20.8. The van der Waals surface area contributed by atoms with Crippen molar-refractivity contribution in [1.82, 2.24) is 23.5 Å². The predicted octanol–water partition coefficient (Wildman–Crippen LogP) is 12.2. The molecule has 0 fully saturated rings. The molecule has 2 aliphatic heterocycles. The minimum atomic E-state index is 0.584. The van der Waals surface area contributed by atoms with Gasteiger partial charge >= 0.3 is 260 Å². The number of aromatic nitrogens is 5. The van der Waals surface area contributed by atoms with E-state index in [-0.39, 0.29) is 0 Å². The first-order chi connectivity index (χ1) is 29.9. The first kappa shape index (κ1) is 37.4. The Labute approximate surface area is 365 Å². The molecule has 0 N–H and O–H groups in total. The van der Waals surface area contributed by atoms with Crippen molar-refractivity contribution in [2.45, 2.75) is 46.5 Å². The molecule has 5 aromatic carbocycles. The maximum absolute atomic E-state index is 6.65. The standard InChI is InChI=1S/C54H41N5O.Pt/c1-35-29-53(55-32-48(35)40-11-6-4-7-12-40)59-50-28-27-49(41-13-8-5-9-14-41)56-54(50)47-26-25-46(31-51(47)59)60-45-16-10-15-44(30-45)57-33-52-42-20-19-38-17-18-39(37(3)36(38)2)21-23-43(24-22-42)58(52)34-57;/h4-18,22,24-29,32-33H,19-21,23H2,1-3H3;/q-2;. The molecule has 0 amide bonds. The van der Waals surface area contributed by atoms with Crippen molar-refractivity contribution < 1.29 is 24.1 Å². The number of nitrogens with zero attached hydrogens (tertiary/aromatic N) is 5. The van der Waals surface area contributed by atoms with Crippen LogP contribution in [0.25, 0.3) is 61.3 Å². The van der Waals surface area contributed by atoms with Crippen molar-refractivity contribution in [2.24, 2.45) is 0 Å². The van der Waals surface area contributed by atoms with E-state index in [1.54, 1.807) is 0 Å². The average molecular weight is 971 g/mol. The third-order valence-corrected chi connectivity index (χ3v) is 13.5. The molecule has 0 saturated carbocycles. The summed E-state index contributed by atoms with van der Waals surface area (Å²) in [5, 5.41) is 0.971. The van der Waals surface area contributed by atoms with Crippen molar-refractivity contribution in [3.63, 3.8) is 0 Å². The van der Waals surface area contributed by atoms with Gasteiger partial charge in [0.2, 0.25) is 0 Å². The van der Waals surface area contributed by atoms with E-state index in [0.29, 0.717) is 11.5 Å². The van der Waals surface area contributed by atoms with Crippen LogP contribution in [-0.2, 0) is 45.0 Å². The smallest absolute Gasteiger partial charge is 0.0622 e. The summed E-state index contributed by atoms with van der Waals surface area (Å²) in [6.45, 7) is 6.71. The first-order valence-corrected chi connectivity index (χ1v) is 22.0. The molecule has 0 spiro atoms. The van der Waals surface area contributed by atoms with E-state index in [0.717, 1.165) is 90.9 Å². The molecule has 14 rings (SSSR count). The van der Waals surface area contributed by atoms with Gasteiger partial charge in [0.1, 0.15) is 0 Å². The second-order valence-electron chi connectivity index (χ2n) is 16.0. The fourth-order valence-corrected chi connectivity index (χ4v) is 10.1. The second kappa shape index (κ2) is 15.1. The van der Waals surface area contributed by atoms with Gasteiger partial charge in [0.05, 0.1) is 5.69 Å². The fraction of sp³-hybridized carbons (Fsp3) is 0.130. The monoisotopic (exact) mass is 970 g/mol. The molecule has 0 unspecified atom stereocenters. The van der Waals surface area contributed by atoms with Gasteiger partial charge in [-0.3, -0.25) is 0 Å². The molecule has 2 aliphatic carbocycles. The summed E-state index contributed by atoms with van der Waals surface area (Å²) >= 11 is 2.47. The third-order valence-electron chi connectivity index (χ3n) is 12.5. The number of hydrogen-bond donors (Lipinski definition) is 0. The summed E-state index contributed by atoms with van der Waals surface area (Å²) in [4.78, 5) is 10.3. The Balaban J connectivity index is 0.986. The van der Waals surface area contributed by atoms with Crippen LogP contribution in [0, 0.1) is 36.7 Å². The predicted molar refractivity (Wildman–Crippen MR) is 240 cm³/mol. The molecule has 0 radical (unpaired) electrons.